The number of nitrogens with one attached hydrogen (secondary N) is 3. The van der Waals surface area contributed by atoms with Crippen LogP contribution in [0.25, 0.3) is 5.69 Å². The second-order valence-corrected chi connectivity index (χ2v) is 12.0. The van der Waals surface area contributed by atoms with Crippen LogP contribution in [0.2, 0.25) is 0 Å². The average molecular weight is 572 g/mol. The highest BCUT2D eigenvalue weighted by molar-refractivity contribution is 5.99. The van der Waals surface area contributed by atoms with Crippen molar-refractivity contribution in [3.8, 4) is 17.2 Å². The average Bonchev–Trinajstić information content (AvgIpc) is 3.34. The summed E-state index contributed by atoms with van der Waals surface area (Å²) in [4.78, 5) is 19.6. The molecule has 9 nitrogen and oxygen atoms in total. The molecule has 0 fully saturated rings. The van der Waals surface area contributed by atoms with Crippen LogP contribution in [-0.2, 0) is 18.4 Å². The van der Waals surface area contributed by atoms with E-state index in [0.717, 1.165) is 30.9 Å². The standard InChI is InChI=1S/C32H38FN7O2/c1-20(2)35-29-17-25(11-13-34-29)42-24-9-10-27(26(33)16-24)36-31(41)37-30-18-28(32(3,4)5)38-40(30)23-8-7-21-12-14-39(6)19-22(21)15-23/h7-11,13,15-18,20H,12,14,19H2,1-6H3,(H,34,35)(H2,36,37,41). The number of benzene rings is 2. The number of pyridine rings is 1. The molecule has 220 valence electrons. The lowest BCUT2D eigenvalue weighted by Gasteiger charge is -2.25. The molecule has 1 aliphatic heterocycles. The summed E-state index contributed by atoms with van der Waals surface area (Å²) in [5.41, 5.74) is 4.03. The number of halogens is 1. The number of carbonyl (C=O) groups is 1. The third-order valence-electron chi connectivity index (χ3n) is 6.95. The van der Waals surface area contributed by atoms with E-state index in [2.05, 4.69) is 65.8 Å². The topological polar surface area (TPSA) is 96.3 Å². The van der Waals surface area contributed by atoms with Gasteiger partial charge in [0.1, 0.15) is 29.0 Å². The molecule has 3 N–H and O–H groups in total. The summed E-state index contributed by atoms with van der Waals surface area (Å²) in [6.07, 6.45) is 2.62. The van der Waals surface area contributed by atoms with Crippen molar-refractivity contribution in [2.24, 2.45) is 0 Å². The van der Waals surface area contributed by atoms with Gasteiger partial charge in [-0.2, -0.15) is 5.10 Å². The minimum atomic E-state index is -0.625. The maximum atomic E-state index is 15.0. The predicted octanol–water partition coefficient (Wildman–Crippen LogP) is 6.95. The Balaban J connectivity index is 1.32. The van der Waals surface area contributed by atoms with Crippen LogP contribution in [0.5, 0.6) is 11.5 Å². The van der Waals surface area contributed by atoms with Crippen LogP contribution in [0.15, 0.2) is 60.8 Å². The summed E-state index contributed by atoms with van der Waals surface area (Å²) in [5.74, 6) is 1.34. The van der Waals surface area contributed by atoms with Crippen molar-refractivity contribution < 1.29 is 13.9 Å². The third-order valence-corrected chi connectivity index (χ3v) is 6.95. The van der Waals surface area contributed by atoms with Crippen LogP contribution < -0.4 is 20.7 Å². The monoisotopic (exact) mass is 571 g/mol. The molecule has 2 amide bonds. The zero-order valence-electron chi connectivity index (χ0n) is 25.0. The van der Waals surface area contributed by atoms with Gasteiger partial charge in [-0.1, -0.05) is 26.8 Å². The van der Waals surface area contributed by atoms with E-state index in [0.29, 0.717) is 23.1 Å². The SMILES string of the molecule is CC(C)Nc1cc(Oc2ccc(NC(=O)Nc3cc(C(C)(C)C)nn3-c3ccc4c(c3)CN(C)CC4)c(F)c2)ccn1. The van der Waals surface area contributed by atoms with Crippen molar-refractivity contribution in [1.29, 1.82) is 0 Å². The van der Waals surface area contributed by atoms with E-state index < -0.39 is 11.8 Å². The molecule has 0 atom stereocenters. The first kappa shape index (κ1) is 29.1. The van der Waals surface area contributed by atoms with Crippen LogP contribution in [0, 0.1) is 5.82 Å². The van der Waals surface area contributed by atoms with Gasteiger partial charge in [0.05, 0.1) is 17.1 Å². The lowest BCUT2D eigenvalue weighted by Crippen LogP contribution is -2.26. The fourth-order valence-electron chi connectivity index (χ4n) is 4.77. The third kappa shape index (κ3) is 6.88. The number of nitrogens with zero attached hydrogens (tertiary/aromatic N) is 4. The first-order valence-corrected chi connectivity index (χ1v) is 14.1. The molecule has 3 heterocycles. The first-order valence-electron chi connectivity index (χ1n) is 14.1. The molecule has 0 radical (unpaired) electrons. The Morgan fingerprint density at radius 3 is 2.52 bits per heavy atom. The van der Waals surface area contributed by atoms with E-state index in [9.17, 15) is 4.79 Å². The first-order chi connectivity index (χ1) is 19.9. The van der Waals surface area contributed by atoms with Crippen molar-refractivity contribution in [3.05, 3.63) is 83.4 Å². The van der Waals surface area contributed by atoms with Crippen LogP contribution in [0.1, 0.15) is 51.4 Å². The van der Waals surface area contributed by atoms with Crippen molar-refractivity contribution in [2.75, 3.05) is 29.5 Å². The van der Waals surface area contributed by atoms with Gasteiger partial charge >= 0.3 is 6.03 Å². The quantitative estimate of drug-likeness (QED) is 0.222. The fraction of sp³-hybridized carbons (Fsp3) is 0.344. The maximum Gasteiger partial charge on any atom is 0.324 e. The number of aromatic nitrogens is 3. The van der Waals surface area contributed by atoms with E-state index in [1.54, 1.807) is 29.1 Å². The van der Waals surface area contributed by atoms with Gasteiger partial charge in [-0.15, -0.1) is 0 Å². The molecule has 42 heavy (non-hydrogen) atoms. The van der Waals surface area contributed by atoms with Crippen molar-refractivity contribution in [2.45, 2.75) is 59.0 Å². The van der Waals surface area contributed by atoms with Gasteiger partial charge in [-0.3, -0.25) is 5.32 Å². The number of urea groups is 1. The largest absolute Gasteiger partial charge is 0.457 e. The van der Waals surface area contributed by atoms with Gasteiger partial charge in [0.2, 0.25) is 0 Å². The molecule has 5 rings (SSSR count). The maximum absolute atomic E-state index is 15.0. The van der Waals surface area contributed by atoms with E-state index in [4.69, 9.17) is 9.84 Å². The Hall–Kier alpha value is -4.44. The Bertz CT molecular complexity index is 1590. The van der Waals surface area contributed by atoms with Gasteiger partial charge in [-0.25, -0.2) is 18.9 Å². The summed E-state index contributed by atoms with van der Waals surface area (Å²) in [7, 11) is 2.11. The summed E-state index contributed by atoms with van der Waals surface area (Å²) < 4.78 is 22.6. The number of hydrogen-bond donors (Lipinski definition) is 3. The van der Waals surface area contributed by atoms with E-state index in [1.165, 1.54) is 23.3 Å². The molecule has 0 spiro atoms. The Morgan fingerprint density at radius 1 is 1.00 bits per heavy atom. The number of amides is 2. The lowest BCUT2D eigenvalue weighted by molar-refractivity contribution is 0.262. The highest BCUT2D eigenvalue weighted by Gasteiger charge is 2.23. The second kappa shape index (κ2) is 11.8. The van der Waals surface area contributed by atoms with Gasteiger partial charge in [0, 0.05) is 48.9 Å². The van der Waals surface area contributed by atoms with E-state index in [1.807, 2.05) is 26.0 Å². The Kier molecular flexibility index (Phi) is 8.17. The number of carbonyl (C=O) groups excluding carboxylic acids is 1. The zero-order chi connectivity index (χ0) is 30.0. The molecule has 10 heteroatoms. The van der Waals surface area contributed by atoms with E-state index in [-0.39, 0.29) is 17.1 Å². The molecule has 4 aromatic rings. The molecular weight excluding hydrogens is 533 g/mol. The number of fused-ring (bicyclic) bond motifs is 1. The van der Waals surface area contributed by atoms with Gasteiger partial charge in [0.25, 0.3) is 0 Å². The molecule has 0 bridgehead atoms. The van der Waals surface area contributed by atoms with Crippen LogP contribution >= 0.6 is 0 Å². The predicted molar refractivity (Wildman–Crippen MR) is 164 cm³/mol. The summed E-state index contributed by atoms with van der Waals surface area (Å²) in [6.45, 7) is 12.1. The Morgan fingerprint density at radius 2 is 1.79 bits per heavy atom. The number of likely N-dealkylation sites (N-methyl/N-ethyl adjacent to an activating group) is 1. The minimum absolute atomic E-state index is 0.0238. The van der Waals surface area contributed by atoms with Crippen molar-refractivity contribution in [3.63, 3.8) is 0 Å². The van der Waals surface area contributed by atoms with Crippen LogP contribution in [0.4, 0.5) is 26.5 Å². The number of rotatable bonds is 7. The highest BCUT2D eigenvalue weighted by atomic mass is 19.1. The molecule has 0 aliphatic carbocycles. The number of hydrogen-bond acceptors (Lipinski definition) is 6. The summed E-state index contributed by atoms with van der Waals surface area (Å²) >= 11 is 0. The van der Waals surface area contributed by atoms with Gasteiger partial charge in [-0.05, 0) is 68.8 Å². The Labute approximate surface area is 246 Å². The number of ether oxygens (including phenoxy) is 1. The van der Waals surface area contributed by atoms with Crippen molar-refractivity contribution in [1.82, 2.24) is 19.7 Å². The van der Waals surface area contributed by atoms with Crippen LogP contribution in [0.3, 0.4) is 0 Å². The minimum Gasteiger partial charge on any atom is -0.457 e. The highest BCUT2D eigenvalue weighted by Crippen LogP contribution is 2.30. The van der Waals surface area contributed by atoms with Crippen LogP contribution in [-0.4, -0.2) is 45.3 Å². The smallest absolute Gasteiger partial charge is 0.324 e. The molecule has 2 aromatic carbocycles. The fourth-order valence-corrected chi connectivity index (χ4v) is 4.77. The molecule has 0 saturated heterocycles. The normalized spacial score (nSPS) is 13.5. The molecule has 0 unspecified atom stereocenters. The molecular formula is C32H38FN7O2. The molecule has 0 saturated carbocycles. The van der Waals surface area contributed by atoms with E-state index >= 15 is 4.39 Å². The lowest BCUT2D eigenvalue weighted by atomic mass is 9.92. The zero-order valence-corrected chi connectivity index (χ0v) is 25.0. The van der Waals surface area contributed by atoms with Crippen molar-refractivity contribution >= 4 is 23.4 Å². The summed E-state index contributed by atoms with van der Waals surface area (Å²) in [5, 5.41) is 13.5. The van der Waals surface area contributed by atoms with Gasteiger partial charge < -0.3 is 20.3 Å². The summed E-state index contributed by atoms with van der Waals surface area (Å²) in [6, 6.07) is 15.5. The molecule has 1 aliphatic rings. The second-order valence-electron chi connectivity index (χ2n) is 12.0. The molecule has 2 aromatic heterocycles. The van der Waals surface area contributed by atoms with Gasteiger partial charge in [0.15, 0.2) is 0 Å². The number of anilines is 3.